The lowest BCUT2D eigenvalue weighted by molar-refractivity contribution is -0.143. The Morgan fingerprint density at radius 3 is 1.81 bits per heavy atom. The van der Waals surface area contributed by atoms with Crippen LogP contribution in [0.2, 0.25) is 6.04 Å². The molecule has 1 unspecified atom stereocenters. The third-order valence-electron chi connectivity index (χ3n) is 3.69. The van der Waals surface area contributed by atoms with Gasteiger partial charge in [0, 0.05) is 37.4 Å². The van der Waals surface area contributed by atoms with Crippen LogP contribution in [0, 0.1) is 0 Å². The van der Waals surface area contributed by atoms with Gasteiger partial charge in [-0.15, -0.1) is 0 Å². The molecular formula is C18H32O7Si. The van der Waals surface area contributed by atoms with Crippen molar-refractivity contribution in [3.8, 4) is 0 Å². The number of esters is 1. The number of carboxylic acid groups (broad SMARTS) is 1. The van der Waals surface area contributed by atoms with E-state index < -0.39 is 26.8 Å². The van der Waals surface area contributed by atoms with Gasteiger partial charge in [-0.25, -0.2) is 9.59 Å². The monoisotopic (exact) mass is 388 g/mol. The van der Waals surface area contributed by atoms with E-state index in [-0.39, 0.29) is 23.6 Å². The molecule has 0 radical (unpaired) electrons. The van der Waals surface area contributed by atoms with E-state index in [1.807, 2.05) is 20.8 Å². The van der Waals surface area contributed by atoms with Gasteiger partial charge >= 0.3 is 20.7 Å². The summed E-state index contributed by atoms with van der Waals surface area (Å²) in [6, 6.07) is 0.242. The van der Waals surface area contributed by atoms with E-state index >= 15 is 0 Å². The molecule has 0 saturated carbocycles. The lowest BCUT2D eigenvalue weighted by Gasteiger charge is -2.31. The Kier molecular flexibility index (Phi) is 11.3. The van der Waals surface area contributed by atoms with E-state index in [0.29, 0.717) is 25.4 Å². The maximum absolute atomic E-state index is 12.0. The van der Waals surface area contributed by atoms with Crippen LogP contribution in [0.15, 0.2) is 23.3 Å². The molecule has 0 aromatic heterocycles. The van der Waals surface area contributed by atoms with Crippen LogP contribution in [-0.4, -0.2) is 51.8 Å². The molecule has 1 atom stereocenters. The highest BCUT2D eigenvalue weighted by Gasteiger charge is 2.44. The maximum Gasteiger partial charge on any atom is 0.504 e. The fraction of sp³-hybridized carbons (Fsp3) is 0.667. The molecule has 0 rings (SSSR count). The number of hydrogen-bond donors (Lipinski definition) is 1. The number of aliphatic carboxylic acids is 1. The van der Waals surface area contributed by atoms with Crippen molar-refractivity contribution in [3.63, 3.8) is 0 Å². The zero-order valence-electron chi connectivity index (χ0n) is 16.7. The average Bonchev–Trinajstić information content (AvgIpc) is 2.54. The molecule has 150 valence electrons. The highest BCUT2D eigenvalue weighted by atomic mass is 28.4. The molecule has 0 bridgehead atoms. The average molecular weight is 389 g/mol. The quantitative estimate of drug-likeness (QED) is 0.294. The van der Waals surface area contributed by atoms with E-state index in [0.717, 1.165) is 0 Å². The standard InChI is InChI=1S/C18H32O7Si/c1-8-22-26(23-9-2,24-10-3)12-16(25-18(21)13(4)5)11-14(6)15(7)17(19)20/h16H,4,8-12H2,1-3,5-7H3,(H,19,20). The van der Waals surface area contributed by atoms with Crippen LogP contribution in [-0.2, 0) is 27.6 Å². The summed E-state index contributed by atoms with van der Waals surface area (Å²) in [6.45, 7) is 15.1. The Balaban J connectivity index is 5.65. The van der Waals surface area contributed by atoms with Crippen molar-refractivity contribution in [2.24, 2.45) is 0 Å². The predicted octanol–water partition coefficient (Wildman–Crippen LogP) is 3.33. The van der Waals surface area contributed by atoms with E-state index in [9.17, 15) is 14.7 Å². The molecule has 26 heavy (non-hydrogen) atoms. The van der Waals surface area contributed by atoms with Gasteiger partial charge in [-0.2, -0.15) is 0 Å². The first-order chi connectivity index (χ1) is 12.1. The van der Waals surface area contributed by atoms with Crippen LogP contribution in [0.3, 0.4) is 0 Å². The summed E-state index contributed by atoms with van der Waals surface area (Å²) in [5.74, 6) is -1.54. The Hall–Kier alpha value is -1.48. The summed E-state index contributed by atoms with van der Waals surface area (Å²) >= 11 is 0. The van der Waals surface area contributed by atoms with Crippen LogP contribution >= 0.6 is 0 Å². The third kappa shape index (κ3) is 8.26. The van der Waals surface area contributed by atoms with Gasteiger partial charge in [0.2, 0.25) is 0 Å². The van der Waals surface area contributed by atoms with Crippen LogP contribution in [0.25, 0.3) is 0 Å². The normalized spacial score (nSPS) is 13.8. The molecule has 0 aliphatic heterocycles. The smallest absolute Gasteiger partial charge is 0.478 e. The highest BCUT2D eigenvalue weighted by molar-refractivity contribution is 6.60. The van der Waals surface area contributed by atoms with E-state index in [1.165, 1.54) is 6.92 Å². The van der Waals surface area contributed by atoms with Gasteiger partial charge in [0.15, 0.2) is 0 Å². The van der Waals surface area contributed by atoms with Gasteiger partial charge in [-0.3, -0.25) is 0 Å². The summed E-state index contributed by atoms with van der Waals surface area (Å²) in [5, 5.41) is 9.18. The highest BCUT2D eigenvalue weighted by Crippen LogP contribution is 2.25. The van der Waals surface area contributed by atoms with Crippen LogP contribution < -0.4 is 0 Å². The van der Waals surface area contributed by atoms with E-state index in [2.05, 4.69) is 6.58 Å². The first-order valence-corrected chi connectivity index (χ1v) is 10.7. The number of ether oxygens (including phenoxy) is 1. The Bertz CT molecular complexity index is 511. The summed E-state index contributed by atoms with van der Waals surface area (Å²) in [7, 11) is -3.07. The molecule has 0 aliphatic carbocycles. The molecule has 1 N–H and O–H groups in total. The summed E-state index contributed by atoms with van der Waals surface area (Å²) in [5.41, 5.74) is 1.10. The van der Waals surface area contributed by atoms with Gasteiger partial charge in [0.25, 0.3) is 0 Å². The van der Waals surface area contributed by atoms with Crippen LogP contribution in [0.5, 0.6) is 0 Å². The zero-order chi connectivity index (χ0) is 20.3. The topological polar surface area (TPSA) is 91.3 Å². The lowest BCUT2D eigenvalue weighted by atomic mass is 10.1. The molecule has 7 nitrogen and oxygen atoms in total. The van der Waals surface area contributed by atoms with Crippen LogP contribution in [0.1, 0.15) is 48.0 Å². The first kappa shape index (κ1) is 24.5. The van der Waals surface area contributed by atoms with Crippen molar-refractivity contribution in [2.45, 2.75) is 60.1 Å². The molecule has 0 saturated heterocycles. The fourth-order valence-corrected chi connectivity index (χ4v) is 5.03. The second kappa shape index (κ2) is 12.0. The van der Waals surface area contributed by atoms with E-state index in [4.69, 9.17) is 18.0 Å². The van der Waals surface area contributed by atoms with Crippen LogP contribution in [0.4, 0.5) is 0 Å². The SMILES string of the molecule is C=C(C)C(=O)OC(CC(C)=C(C)C(=O)O)C[Si](OCC)(OCC)OCC. The van der Waals surface area contributed by atoms with Gasteiger partial charge in [0.05, 0.1) is 6.04 Å². The number of hydrogen-bond acceptors (Lipinski definition) is 6. The predicted molar refractivity (Wildman–Crippen MR) is 101 cm³/mol. The molecule has 0 aromatic rings. The second-order valence-corrected chi connectivity index (χ2v) is 8.55. The van der Waals surface area contributed by atoms with Crippen molar-refractivity contribution in [1.82, 2.24) is 0 Å². The van der Waals surface area contributed by atoms with Gasteiger partial charge in [0.1, 0.15) is 6.10 Å². The van der Waals surface area contributed by atoms with Gasteiger partial charge < -0.3 is 23.1 Å². The minimum absolute atomic E-state index is 0.220. The minimum Gasteiger partial charge on any atom is -0.478 e. The largest absolute Gasteiger partial charge is 0.504 e. The molecular weight excluding hydrogens is 356 g/mol. The summed E-state index contributed by atoms with van der Waals surface area (Å²) < 4.78 is 23.0. The van der Waals surface area contributed by atoms with Crippen molar-refractivity contribution in [3.05, 3.63) is 23.3 Å². The van der Waals surface area contributed by atoms with Crippen molar-refractivity contribution in [1.29, 1.82) is 0 Å². The Labute approximate surface area is 157 Å². The minimum atomic E-state index is -3.07. The molecule has 0 heterocycles. The van der Waals surface area contributed by atoms with Gasteiger partial charge in [-0.1, -0.05) is 12.2 Å². The summed E-state index contributed by atoms with van der Waals surface area (Å²) in [4.78, 5) is 23.2. The van der Waals surface area contributed by atoms with Crippen molar-refractivity contribution in [2.75, 3.05) is 19.8 Å². The lowest BCUT2D eigenvalue weighted by Crippen LogP contribution is -2.49. The van der Waals surface area contributed by atoms with Gasteiger partial charge in [-0.05, 0) is 41.5 Å². The Morgan fingerprint density at radius 1 is 1.00 bits per heavy atom. The maximum atomic E-state index is 12.0. The fourth-order valence-electron chi connectivity index (χ4n) is 2.32. The molecule has 0 aromatic carbocycles. The van der Waals surface area contributed by atoms with Crippen molar-refractivity contribution < 1.29 is 32.7 Å². The van der Waals surface area contributed by atoms with Crippen molar-refractivity contribution >= 4 is 20.7 Å². The summed E-state index contributed by atoms with van der Waals surface area (Å²) in [6.07, 6.45) is -0.385. The molecule has 0 amide bonds. The zero-order valence-corrected chi connectivity index (χ0v) is 17.7. The first-order valence-electron chi connectivity index (χ1n) is 8.80. The number of carbonyl (C=O) groups excluding carboxylic acids is 1. The second-order valence-electron chi connectivity index (χ2n) is 5.91. The number of carboxylic acids is 1. The molecule has 0 aliphatic rings. The number of rotatable bonds is 13. The molecule has 0 spiro atoms. The third-order valence-corrected chi connectivity index (χ3v) is 6.83. The Morgan fingerprint density at radius 2 is 1.46 bits per heavy atom. The van der Waals surface area contributed by atoms with E-state index in [1.54, 1.807) is 13.8 Å². The molecule has 8 heteroatoms. The number of carbonyl (C=O) groups is 2. The molecule has 0 fully saturated rings.